The van der Waals surface area contributed by atoms with E-state index in [1.54, 1.807) is 4.31 Å². The lowest BCUT2D eigenvalue weighted by molar-refractivity contribution is 0.0909. The van der Waals surface area contributed by atoms with Crippen molar-refractivity contribution in [3.8, 4) is 0 Å². The Hall–Kier alpha value is -1.40. The lowest BCUT2D eigenvalue weighted by Gasteiger charge is -2.37. The average molecular weight is 322 g/mol. The van der Waals surface area contributed by atoms with E-state index in [0.717, 1.165) is 18.4 Å². The van der Waals surface area contributed by atoms with Crippen LogP contribution in [0.3, 0.4) is 0 Å². The zero-order chi connectivity index (χ0) is 15.9. The summed E-state index contributed by atoms with van der Waals surface area (Å²) in [6.45, 7) is 1.92. The molecule has 6 heteroatoms. The number of hydrogen-bond donors (Lipinski definition) is 1. The molecule has 5 nitrogen and oxygen atoms in total. The van der Waals surface area contributed by atoms with E-state index in [4.69, 9.17) is 0 Å². The molecule has 0 saturated carbocycles. The molecule has 2 saturated heterocycles. The maximum Gasteiger partial charge on any atom is 0.251 e. The summed E-state index contributed by atoms with van der Waals surface area (Å²) in [5.74, 6) is -0.0599. The molecule has 2 bridgehead atoms. The molecule has 3 rings (SSSR count). The van der Waals surface area contributed by atoms with Crippen LogP contribution in [0.25, 0.3) is 0 Å². The zero-order valence-electron chi connectivity index (χ0n) is 13.0. The third kappa shape index (κ3) is 2.90. The second-order valence-electron chi connectivity index (χ2n) is 6.43. The molecule has 1 aromatic rings. The Balaban J connectivity index is 1.70. The van der Waals surface area contributed by atoms with E-state index in [-0.39, 0.29) is 24.0 Å². The molecule has 2 aliphatic heterocycles. The van der Waals surface area contributed by atoms with Crippen molar-refractivity contribution in [3.05, 3.63) is 35.4 Å². The number of aryl methyl sites for hydroxylation is 1. The molecule has 2 unspecified atom stereocenters. The first kappa shape index (κ1) is 15.5. The van der Waals surface area contributed by atoms with Crippen LogP contribution in [-0.4, -0.2) is 43.0 Å². The largest absolute Gasteiger partial charge is 0.349 e. The predicted octanol–water partition coefficient (Wildman–Crippen LogP) is 1.68. The number of carbonyl (C=O) groups excluding carboxylic acids is 1. The number of amides is 1. The Kier molecular flexibility index (Phi) is 3.99. The van der Waals surface area contributed by atoms with Crippen molar-refractivity contribution in [1.29, 1.82) is 0 Å². The van der Waals surface area contributed by atoms with Gasteiger partial charge in [0.15, 0.2) is 0 Å². The third-order valence-corrected chi connectivity index (χ3v) is 6.14. The molecular weight excluding hydrogens is 300 g/mol. The Morgan fingerprint density at radius 3 is 2.32 bits per heavy atom. The summed E-state index contributed by atoms with van der Waals surface area (Å²) in [6.07, 6.45) is 4.50. The molecule has 2 heterocycles. The first-order valence-electron chi connectivity index (χ1n) is 7.71. The Labute approximate surface area is 131 Å². The van der Waals surface area contributed by atoms with Gasteiger partial charge in [0.05, 0.1) is 6.26 Å². The molecule has 0 aliphatic carbocycles. The average Bonchev–Trinajstić information content (AvgIpc) is 2.72. The fourth-order valence-electron chi connectivity index (χ4n) is 3.88. The number of hydrogen-bond acceptors (Lipinski definition) is 3. The first-order chi connectivity index (χ1) is 10.4. The van der Waals surface area contributed by atoms with Gasteiger partial charge < -0.3 is 5.32 Å². The van der Waals surface area contributed by atoms with E-state index in [0.29, 0.717) is 18.4 Å². The number of nitrogens with zero attached hydrogens (tertiary/aromatic N) is 1. The fraction of sp³-hybridized carbons (Fsp3) is 0.562. The molecular formula is C16H22N2O3S. The van der Waals surface area contributed by atoms with Crippen LogP contribution in [0.1, 0.15) is 41.6 Å². The van der Waals surface area contributed by atoms with Gasteiger partial charge in [0.1, 0.15) is 0 Å². The maximum absolute atomic E-state index is 12.4. The van der Waals surface area contributed by atoms with E-state index in [1.165, 1.54) is 6.26 Å². The van der Waals surface area contributed by atoms with Crippen molar-refractivity contribution in [1.82, 2.24) is 9.62 Å². The van der Waals surface area contributed by atoms with Gasteiger partial charge in [-0.05, 0) is 44.2 Å². The first-order valence-corrected chi connectivity index (χ1v) is 9.56. The van der Waals surface area contributed by atoms with Crippen LogP contribution in [0.5, 0.6) is 0 Å². The highest BCUT2D eigenvalue weighted by Crippen LogP contribution is 2.37. The highest BCUT2D eigenvalue weighted by atomic mass is 32.2. The standard InChI is InChI=1S/C16H22N2O3S/c1-11-5-3-4-6-15(11)16(19)17-12-9-13-7-8-14(10-12)18(13)22(2,20)21/h3-6,12-14H,7-10H2,1-2H3,(H,17,19). The topological polar surface area (TPSA) is 66.5 Å². The number of piperidine rings is 1. The van der Waals surface area contributed by atoms with Crippen LogP contribution >= 0.6 is 0 Å². The van der Waals surface area contributed by atoms with E-state index in [9.17, 15) is 13.2 Å². The maximum atomic E-state index is 12.4. The lowest BCUT2D eigenvalue weighted by atomic mass is 9.99. The van der Waals surface area contributed by atoms with Gasteiger partial charge in [-0.1, -0.05) is 18.2 Å². The Morgan fingerprint density at radius 1 is 1.18 bits per heavy atom. The number of rotatable bonds is 3. The quantitative estimate of drug-likeness (QED) is 0.921. The molecule has 120 valence electrons. The fourth-order valence-corrected chi connectivity index (χ4v) is 5.35. The highest BCUT2D eigenvalue weighted by molar-refractivity contribution is 7.88. The van der Waals surface area contributed by atoms with Crippen molar-refractivity contribution in [2.24, 2.45) is 0 Å². The van der Waals surface area contributed by atoms with Crippen LogP contribution in [0.2, 0.25) is 0 Å². The number of sulfonamides is 1. The monoisotopic (exact) mass is 322 g/mol. The summed E-state index contributed by atoms with van der Waals surface area (Å²) < 4.78 is 25.4. The molecule has 2 atom stereocenters. The van der Waals surface area contributed by atoms with Gasteiger partial charge in [-0.2, -0.15) is 4.31 Å². The van der Waals surface area contributed by atoms with Crippen molar-refractivity contribution in [3.63, 3.8) is 0 Å². The van der Waals surface area contributed by atoms with Gasteiger partial charge in [0.25, 0.3) is 5.91 Å². The van der Waals surface area contributed by atoms with Gasteiger partial charge in [-0.15, -0.1) is 0 Å². The molecule has 2 aliphatic rings. The van der Waals surface area contributed by atoms with E-state index >= 15 is 0 Å². The van der Waals surface area contributed by atoms with Crippen LogP contribution < -0.4 is 5.32 Å². The normalized spacial score (nSPS) is 28.5. The van der Waals surface area contributed by atoms with E-state index < -0.39 is 10.0 Å². The van der Waals surface area contributed by atoms with Crippen LogP contribution in [0.15, 0.2) is 24.3 Å². The minimum absolute atomic E-state index is 0.0379. The zero-order valence-corrected chi connectivity index (χ0v) is 13.8. The predicted molar refractivity (Wildman–Crippen MR) is 85.2 cm³/mol. The second kappa shape index (κ2) is 5.66. The molecule has 1 N–H and O–H groups in total. The number of nitrogens with one attached hydrogen (secondary N) is 1. The molecule has 0 spiro atoms. The van der Waals surface area contributed by atoms with Crippen molar-refractivity contribution in [2.45, 2.75) is 50.7 Å². The highest BCUT2D eigenvalue weighted by Gasteiger charge is 2.45. The molecule has 1 aromatic carbocycles. The summed E-state index contributed by atoms with van der Waals surface area (Å²) in [4.78, 5) is 12.4. The summed E-state index contributed by atoms with van der Waals surface area (Å²) in [5.41, 5.74) is 1.65. The molecule has 1 amide bonds. The number of benzene rings is 1. The molecule has 0 aromatic heterocycles. The third-order valence-electron chi connectivity index (χ3n) is 4.77. The van der Waals surface area contributed by atoms with E-state index in [1.807, 2.05) is 31.2 Å². The van der Waals surface area contributed by atoms with Gasteiger partial charge in [0, 0.05) is 23.7 Å². The van der Waals surface area contributed by atoms with Crippen molar-refractivity contribution in [2.75, 3.05) is 6.26 Å². The van der Waals surface area contributed by atoms with E-state index in [2.05, 4.69) is 5.32 Å². The van der Waals surface area contributed by atoms with Gasteiger partial charge in [-0.3, -0.25) is 4.79 Å². The molecule has 2 fully saturated rings. The summed E-state index contributed by atoms with van der Waals surface area (Å²) in [6, 6.07) is 7.65. The van der Waals surface area contributed by atoms with Crippen LogP contribution in [0.4, 0.5) is 0 Å². The summed E-state index contributed by atoms with van der Waals surface area (Å²) >= 11 is 0. The minimum Gasteiger partial charge on any atom is -0.349 e. The van der Waals surface area contributed by atoms with Crippen molar-refractivity contribution >= 4 is 15.9 Å². The van der Waals surface area contributed by atoms with Gasteiger partial charge in [0.2, 0.25) is 10.0 Å². The Morgan fingerprint density at radius 2 is 1.77 bits per heavy atom. The van der Waals surface area contributed by atoms with Gasteiger partial charge >= 0.3 is 0 Å². The van der Waals surface area contributed by atoms with Crippen LogP contribution in [-0.2, 0) is 10.0 Å². The molecule has 22 heavy (non-hydrogen) atoms. The minimum atomic E-state index is -3.15. The number of carbonyl (C=O) groups is 1. The summed E-state index contributed by atoms with van der Waals surface area (Å²) in [5, 5.41) is 3.09. The van der Waals surface area contributed by atoms with Crippen LogP contribution in [0, 0.1) is 6.92 Å². The lowest BCUT2D eigenvalue weighted by Crippen LogP contribution is -2.52. The smallest absolute Gasteiger partial charge is 0.251 e. The number of fused-ring (bicyclic) bond motifs is 2. The molecule has 0 radical (unpaired) electrons. The van der Waals surface area contributed by atoms with Gasteiger partial charge in [-0.25, -0.2) is 8.42 Å². The van der Waals surface area contributed by atoms with Crippen molar-refractivity contribution < 1.29 is 13.2 Å². The SMILES string of the molecule is Cc1ccccc1C(=O)NC1CC2CCC(C1)N2S(C)(=O)=O. The Bertz CT molecular complexity index is 672. The second-order valence-corrected chi connectivity index (χ2v) is 8.32. The summed E-state index contributed by atoms with van der Waals surface area (Å²) in [7, 11) is -3.15.